The zero-order chi connectivity index (χ0) is 25.4. The molecule has 4 amide bonds. The summed E-state index contributed by atoms with van der Waals surface area (Å²) in [5.41, 5.74) is 1.33. The molecule has 0 radical (unpaired) electrons. The first-order valence-corrected chi connectivity index (χ1v) is 12.4. The molecule has 1 atom stereocenters. The van der Waals surface area contributed by atoms with Gasteiger partial charge in [0, 0.05) is 51.5 Å². The number of hydrogen-bond donors (Lipinski definition) is 2. The summed E-state index contributed by atoms with van der Waals surface area (Å²) < 4.78 is 19.4. The minimum Gasteiger partial charge on any atom is -0.463 e. The lowest BCUT2D eigenvalue weighted by Crippen LogP contribution is -2.51. The van der Waals surface area contributed by atoms with Crippen molar-refractivity contribution in [3.63, 3.8) is 0 Å². The van der Waals surface area contributed by atoms with Crippen LogP contribution >= 0.6 is 0 Å². The Morgan fingerprint density at radius 1 is 1.17 bits per heavy atom. The van der Waals surface area contributed by atoms with Crippen LogP contribution in [0, 0.1) is 5.82 Å². The van der Waals surface area contributed by atoms with E-state index in [4.69, 9.17) is 4.74 Å². The largest absolute Gasteiger partial charge is 0.463 e. The first-order chi connectivity index (χ1) is 16.9. The molecule has 2 N–H and O–H groups in total. The van der Waals surface area contributed by atoms with Crippen molar-refractivity contribution in [2.75, 3.05) is 52.4 Å². The third-order valence-corrected chi connectivity index (χ3v) is 6.21. The molecule has 0 aliphatic carbocycles. The molecular weight excluding hydrogens is 453 g/mol. The minimum absolute atomic E-state index is 0.0708. The second-order valence-electron chi connectivity index (χ2n) is 8.61. The van der Waals surface area contributed by atoms with Gasteiger partial charge in [-0.05, 0) is 44.4 Å². The lowest BCUT2D eigenvalue weighted by molar-refractivity contribution is -0.139. The average Bonchev–Trinajstić information content (AvgIpc) is 3.08. The molecule has 1 aromatic carbocycles. The normalized spacial score (nSPS) is 19.3. The summed E-state index contributed by atoms with van der Waals surface area (Å²) in [6.45, 7) is 9.58. The Hall–Kier alpha value is -3.14. The second-order valence-corrected chi connectivity index (χ2v) is 8.61. The maximum Gasteiger partial charge on any atom is 0.338 e. The van der Waals surface area contributed by atoms with Crippen LogP contribution in [0.1, 0.15) is 45.2 Å². The van der Waals surface area contributed by atoms with Crippen LogP contribution in [-0.2, 0) is 9.53 Å². The van der Waals surface area contributed by atoms with Crippen molar-refractivity contribution in [2.45, 2.75) is 39.7 Å². The number of esters is 1. The number of ether oxygens (including phenoxy) is 1. The number of hydrogen-bond acceptors (Lipinski definition) is 5. The number of likely N-dealkylation sites (N-methyl/N-ethyl adjacent to an activating group) is 1. The molecule has 3 rings (SSSR count). The monoisotopic (exact) mass is 489 g/mol. The molecule has 0 spiro atoms. The number of benzene rings is 1. The van der Waals surface area contributed by atoms with E-state index in [0.717, 1.165) is 12.8 Å². The van der Waals surface area contributed by atoms with Crippen molar-refractivity contribution in [1.82, 2.24) is 25.3 Å². The molecule has 1 saturated heterocycles. The van der Waals surface area contributed by atoms with E-state index in [1.165, 1.54) is 12.1 Å². The third kappa shape index (κ3) is 6.50. The van der Waals surface area contributed by atoms with Gasteiger partial charge in [-0.15, -0.1) is 0 Å². The number of halogens is 1. The molecule has 10 heteroatoms. The Kier molecular flexibility index (Phi) is 9.47. The molecule has 35 heavy (non-hydrogen) atoms. The predicted molar refractivity (Wildman–Crippen MR) is 130 cm³/mol. The summed E-state index contributed by atoms with van der Waals surface area (Å²) in [6, 6.07) is 4.64. The van der Waals surface area contributed by atoms with Gasteiger partial charge < -0.3 is 20.3 Å². The number of rotatable bonds is 8. The second kappa shape index (κ2) is 12.5. The van der Waals surface area contributed by atoms with E-state index in [2.05, 4.69) is 15.5 Å². The van der Waals surface area contributed by atoms with Gasteiger partial charge in [0.1, 0.15) is 5.82 Å². The zero-order valence-electron chi connectivity index (χ0n) is 20.8. The standard InChI is InChI=1S/C25H36FN5O4/c1-4-11-27-24(33)30-13-8-12-29(14-15-30)17-20-21(23(32)35-6-3)22(28-25(34)31(20)5-2)18-9-7-10-19(26)16-18/h7,9-10,16,22H,4-6,8,11-15,17H2,1-3H3,(H,27,33)(H,28,34). The number of nitrogens with zero attached hydrogens (tertiary/aromatic N) is 3. The number of nitrogens with one attached hydrogen (secondary N) is 2. The van der Waals surface area contributed by atoms with Crippen molar-refractivity contribution in [3.8, 4) is 0 Å². The number of carbonyl (C=O) groups is 3. The maximum atomic E-state index is 14.0. The van der Waals surface area contributed by atoms with Crippen LogP contribution in [0.5, 0.6) is 0 Å². The Balaban J connectivity index is 1.92. The Morgan fingerprint density at radius 2 is 1.97 bits per heavy atom. The fourth-order valence-corrected chi connectivity index (χ4v) is 4.48. The highest BCUT2D eigenvalue weighted by Crippen LogP contribution is 2.32. The van der Waals surface area contributed by atoms with Crippen LogP contribution in [0.15, 0.2) is 35.5 Å². The molecule has 1 aromatic rings. The Morgan fingerprint density at radius 3 is 2.66 bits per heavy atom. The van der Waals surface area contributed by atoms with Gasteiger partial charge in [-0.2, -0.15) is 0 Å². The zero-order valence-corrected chi connectivity index (χ0v) is 20.8. The van der Waals surface area contributed by atoms with E-state index in [1.807, 2.05) is 13.8 Å². The van der Waals surface area contributed by atoms with E-state index in [-0.39, 0.29) is 18.7 Å². The smallest absolute Gasteiger partial charge is 0.338 e. The summed E-state index contributed by atoms with van der Waals surface area (Å²) in [4.78, 5) is 44.1. The van der Waals surface area contributed by atoms with Gasteiger partial charge in [0.05, 0.1) is 18.2 Å². The van der Waals surface area contributed by atoms with E-state index in [9.17, 15) is 18.8 Å². The van der Waals surface area contributed by atoms with Gasteiger partial charge in [-0.25, -0.2) is 18.8 Å². The van der Waals surface area contributed by atoms with Crippen molar-refractivity contribution >= 4 is 18.0 Å². The van der Waals surface area contributed by atoms with Gasteiger partial charge in [-0.3, -0.25) is 9.80 Å². The molecule has 192 valence electrons. The van der Waals surface area contributed by atoms with Crippen LogP contribution in [0.25, 0.3) is 0 Å². The first-order valence-electron chi connectivity index (χ1n) is 12.4. The third-order valence-electron chi connectivity index (χ3n) is 6.21. The van der Waals surface area contributed by atoms with Gasteiger partial charge in [0.25, 0.3) is 0 Å². The van der Waals surface area contributed by atoms with Crippen LogP contribution in [0.3, 0.4) is 0 Å². The molecule has 0 bridgehead atoms. The number of urea groups is 2. The summed E-state index contributed by atoms with van der Waals surface area (Å²) in [7, 11) is 0. The molecule has 2 heterocycles. The topological polar surface area (TPSA) is 94.2 Å². The summed E-state index contributed by atoms with van der Waals surface area (Å²) >= 11 is 0. The van der Waals surface area contributed by atoms with Gasteiger partial charge in [0.15, 0.2) is 0 Å². The predicted octanol–water partition coefficient (Wildman–Crippen LogP) is 2.86. The lowest BCUT2D eigenvalue weighted by atomic mass is 9.94. The van der Waals surface area contributed by atoms with E-state index in [0.29, 0.717) is 62.6 Å². The fourth-order valence-electron chi connectivity index (χ4n) is 4.48. The van der Waals surface area contributed by atoms with Gasteiger partial charge >= 0.3 is 18.0 Å². The molecule has 1 fully saturated rings. The Labute approximate surface area is 206 Å². The fraction of sp³-hybridized carbons (Fsp3) is 0.560. The quantitative estimate of drug-likeness (QED) is 0.548. The van der Waals surface area contributed by atoms with Crippen LogP contribution in [0.2, 0.25) is 0 Å². The average molecular weight is 490 g/mol. The molecule has 0 saturated carbocycles. The highest BCUT2D eigenvalue weighted by Gasteiger charge is 2.38. The summed E-state index contributed by atoms with van der Waals surface area (Å²) in [6.07, 6.45) is 1.64. The summed E-state index contributed by atoms with van der Waals surface area (Å²) in [5, 5.41) is 5.77. The molecule has 9 nitrogen and oxygen atoms in total. The van der Waals surface area contributed by atoms with Crippen molar-refractivity contribution in [1.29, 1.82) is 0 Å². The molecule has 2 aliphatic rings. The van der Waals surface area contributed by atoms with Gasteiger partial charge in [0.2, 0.25) is 0 Å². The number of carbonyl (C=O) groups excluding carboxylic acids is 3. The van der Waals surface area contributed by atoms with Crippen molar-refractivity contribution in [3.05, 3.63) is 46.9 Å². The van der Waals surface area contributed by atoms with E-state index < -0.39 is 17.8 Å². The molecule has 2 aliphatic heterocycles. The van der Waals surface area contributed by atoms with E-state index in [1.54, 1.807) is 28.9 Å². The van der Waals surface area contributed by atoms with E-state index >= 15 is 0 Å². The highest BCUT2D eigenvalue weighted by molar-refractivity contribution is 5.95. The minimum atomic E-state index is -0.821. The van der Waals surface area contributed by atoms with Crippen LogP contribution in [-0.4, -0.2) is 85.2 Å². The summed E-state index contributed by atoms with van der Waals surface area (Å²) in [5.74, 6) is -0.987. The maximum absolute atomic E-state index is 14.0. The van der Waals surface area contributed by atoms with Crippen LogP contribution in [0.4, 0.5) is 14.0 Å². The molecule has 0 aromatic heterocycles. The SMILES string of the molecule is CCCNC(=O)N1CCCN(CC2=C(C(=O)OCC)C(c3cccc(F)c3)NC(=O)N2CC)CC1. The lowest BCUT2D eigenvalue weighted by Gasteiger charge is -2.38. The van der Waals surface area contributed by atoms with Crippen molar-refractivity contribution < 1.29 is 23.5 Å². The van der Waals surface area contributed by atoms with Gasteiger partial charge in [-0.1, -0.05) is 19.1 Å². The number of amides is 4. The highest BCUT2D eigenvalue weighted by atomic mass is 19.1. The Bertz CT molecular complexity index is 954. The van der Waals surface area contributed by atoms with Crippen LogP contribution < -0.4 is 10.6 Å². The molecule has 1 unspecified atom stereocenters. The first kappa shape index (κ1) is 26.5. The van der Waals surface area contributed by atoms with Crippen molar-refractivity contribution in [2.24, 2.45) is 0 Å². The molecular formula is C25H36FN5O4.